The lowest BCUT2D eigenvalue weighted by Gasteiger charge is -2.14. The van der Waals surface area contributed by atoms with Crippen LogP contribution in [-0.2, 0) is 4.79 Å². The van der Waals surface area contributed by atoms with E-state index in [4.69, 9.17) is 15.6 Å². The lowest BCUT2D eigenvalue weighted by atomic mass is 10.1. The Hall–Kier alpha value is -4.75. The van der Waals surface area contributed by atoms with Crippen molar-refractivity contribution in [1.29, 1.82) is 0 Å². The highest BCUT2D eigenvalue weighted by Crippen LogP contribution is 2.36. The van der Waals surface area contributed by atoms with Gasteiger partial charge in [-0.3, -0.25) is 9.18 Å². The average Bonchev–Trinajstić information content (AvgIpc) is 3.58. The van der Waals surface area contributed by atoms with Crippen molar-refractivity contribution in [2.45, 2.75) is 12.5 Å². The second-order valence-electron chi connectivity index (χ2n) is 8.22. The number of benzene rings is 2. The molecule has 2 aromatic carbocycles. The molecule has 3 N–H and O–H groups in total. The first-order chi connectivity index (χ1) is 18.8. The fourth-order valence-corrected chi connectivity index (χ4v) is 4.20. The normalized spacial score (nSPS) is 15.0. The number of halogens is 5. The first-order valence-corrected chi connectivity index (χ1v) is 11.4. The summed E-state index contributed by atoms with van der Waals surface area (Å²) in [4.78, 5) is 22.0. The molecule has 2 aromatic heterocycles. The molecule has 1 atom stereocenters. The van der Waals surface area contributed by atoms with E-state index in [1.54, 1.807) is 9.58 Å². The Balaban J connectivity index is 0.00000172. The molecule has 1 amide bonds. The van der Waals surface area contributed by atoms with Crippen molar-refractivity contribution >= 4 is 22.8 Å². The predicted octanol–water partition coefficient (Wildman–Crippen LogP) is 4.86. The first-order valence-electron chi connectivity index (χ1n) is 11.4. The molecule has 0 aliphatic carbocycles. The smallest absolute Gasteiger partial charge is 0.249 e. The van der Waals surface area contributed by atoms with Gasteiger partial charge in [-0.25, -0.2) is 23.4 Å². The highest BCUT2D eigenvalue weighted by molar-refractivity contribution is 5.98. The Morgan fingerprint density at radius 1 is 1.10 bits per heavy atom. The van der Waals surface area contributed by atoms with Crippen molar-refractivity contribution in [3.63, 3.8) is 0 Å². The third kappa shape index (κ3) is 5.17. The number of hydrogen-bond donors (Lipinski definition) is 2. The molecule has 39 heavy (non-hydrogen) atoms. The summed E-state index contributed by atoms with van der Waals surface area (Å²) in [5.41, 5.74) is 7.51. The number of fused-ring (bicyclic) bond motifs is 1. The number of aliphatic hydroxyl groups is 1. The molecule has 9 nitrogen and oxygen atoms in total. The highest BCUT2D eigenvalue weighted by Gasteiger charge is 2.30. The van der Waals surface area contributed by atoms with Gasteiger partial charge in [0.25, 0.3) is 0 Å². The van der Waals surface area contributed by atoms with Crippen LogP contribution < -0.4 is 10.5 Å². The number of anilines is 1. The largest absolute Gasteiger partial charge is 0.515 e. The van der Waals surface area contributed by atoms with Crippen LogP contribution in [-0.4, -0.2) is 55.9 Å². The summed E-state index contributed by atoms with van der Waals surface area (Å²) in [6.45, 7) is 0.780. The summed E-state index contributed by atoms with van der Waals surface area (Å²) in [6, 6.07) is 5.61. The van der Waals surface area contributed by atoms with Crippen molar-refractivity contribution in [3.8, 4) is 22.8 Å². The second kappa shape index (κ2) is 11.3. The number of likely N-dealkylation sites (tertiary alicyclic amines) is 1. The first kappa shape index (κ1) is 27.3. The maximum atomic E-state index is 14.0. The van der Waals surface area contributed by atoms with Crippen molar-refractivity contribution in [2.75, 3.05) is 26.0 Å². The van der Waals surface area contributed by atoms with Crippen LogP contribution in [0.25, 0.3) is 22.3 Å². The van der Waals surface area contributed by atoms with Crippen molar-refractivity contribution in [1.82, 2.24) is 24.6 Å². The Kier molecular flexibility index (Phi) is 7.93. The Morgan fingerprint density at radius 3 is 2.41 bits per heavy atom. The summed E-state index contributed by atoms with van der Waals surface area (Å²) in [7, 11) is 0.500. The fraction of sp³-hybridized carbons (Fsp3) is 0.200. The molecule has 3 heterocycles. The molecule has 14 heteroatoms. The quantitative estimate of drug-likeness (QED) is 0.158. The zero-order chi connectivity index (χ0) is 28.3. The molecule has 1 aliphatic rings. The molecule has 1 fully saturated rings. The molecule has 0 radical (unpaired) electrons. The van der Waals surface area contributed by atoms with Gasteiger partial charge >= 0.3 is 0 Å². The SMILES string of the molecule is CF.Nc1ncnc2c1c(-c1ccc(Oc3c(F)c(F)cc(F)c3F)cc1)nn2[C@@H]1CCN(C(=O)/C=C/O)C1. The third-order valence-electron chi connectivity index (χ3n) is 5.98. The molecule has 4 aromatic rings. The minimum absolute atomic E-state index is 0.0820. The molecule has 0 unspecified atom stereocenters. The number of aromatic nitrogens is 4. The van der Waals surface area contributed by atoms with Gasteiger partial charge in [-0.05, 0) is 30.7 Å². The average molecular weight is 548 g/mol. The summed E-state index contributed by atoms with van der Waals surface area (Å²) < 4.78 is 71.2. The van der Waals surface area contributed by atoms with Crippen molar-refractivity contribution in [3.05, 3.63) is 72.3 Å². The van der Waals surface area contributed by atoms with E-state index in [0.717, 1.165) is 6.08 Å². The standard InChI is InChI=1S/C24H18F4N6O3.CH3F/c25-15-9-16(26)20(28)22(19(15)27)37-14-3-1-12(2-4-14)21-18-23(29)30-11-31-24(18)34(32-21)13-5-7-33(10-13)17(36)6-8-35;1-2/h1-4,6,8-9,11,13,35H,5,7,10H2,(H2,29,30,31);1H3/b8-6+;/t13-;/m1./s1. The topological polar surface area (TPSA) is 119 Å². The molecule has 5 rings (SSSR count). The molecule has 1 saturated heterocycles. The van der Waals surface area contributed by atoms with Gasteiger partial charge in [0.1, 0.15) is 23.6 Å². The summed E-state index contributed by atoms with van der Waals surface area (Å²) in [5, 5.41) is 14.0. The number of carbonyl (C=O) groups excluding carboxylic acids is 1. The molecule has 0 bridgehead atoms. The Labute approximate surface area is 218 Å². The molecule has 0 saturated carbocycles. The van der Waals surface area contributed by atoms with Crippen LogP contribution in [0.1, 0.15) is 12.5 Å². The van der Waals surface area contributed by atoms with E-state index < -0.39 is 29.0 Å². The zero-order valence-corrected chi connectivity index (χ0v) is 20.3. The van der Waals surface area contributed by atoms with Crippen molar-refractivity contribution in [2.24, 2.45) is 0 Å². The Bertz CT molecular complexity index is 1520. The summed E-state index contributed by atoms with van der Waals surface area (Å²) >= 11 is 0. The van der Waals surface area contributed by atoms with E-state index in [-0.39, 0.29) is 29.6 Å². The van der Waals surface area contributed by atoms with E-state index in [2.05, 4.69) is 15.1 Å². The maximum absolute atomic E-state index is 14.0. The number of carbonyl (C=O) groups is 1. The molecule has 204 valence electrons. The zero-order valence-electron chi connectivity index (χ0n) is 20.3. The van der Waals surface area contributed by atoms with E-state index >= 15 is 0 Å². The molecule has 1 aliphatic heterocycles. The molecular weight excluding hydrogens is 527 g/mol. The van der Waals surface area contributed by atoms with Crippen LogP contribution in [0.4, 0.5) is 27.8 Å². The van der Waals surface area contributed by atoms with Crippen LogP contribution in [0.3, 0.4) is 0 Å². The number of nitrogens with zero attached hydrogens (tertiary/aromatic N) is 5. The van der Waals surface area contributed by atoms with Crippen LogP contribution in [0.2, 0.25) is 0 Å². The van der Waals surface area contributed by atoms with Gasteiger partial charge < -0.3 is 20.5 Å². The van der Waals surface area contributed by atoms with E-state index in [1.165, 1.54) is 30.6 Å². The van der Waals surface area contributed by atoms with E-state index in [0.29, 0.717) is 55.2 Å². The number of nitrogen functional groups attached to an aromatic ring is 1. The van der Waals surface area contributed by atoms with Crippen LogP contribution >= 0.6 is 0 Å². The maximum Gasteiger partial charge on any atom is 0.249 e. The van der Waals surface area contributed by atoms with Gasteiger partial charge in [-0.15, -0.1) is 0 Å². The lowest BCUT2D eigenvalue weighted by Crippen LogP contribution is -2.27. The number of ether oxygens (including phenoxy) is 1. The van der Waals surface area contributed by atoms with Gasteiger partial charge in [0, 0.05) is 30.8 Å². The van der Waals surface area contributed by atoms with Crippen LogP contribution in [0.15, 0.2) is 49.0 Å². The molecule has 0 spiro atoms. The fourth-order valence-electron chi connectivity index (χ4n) is 4.20. The number of aliphatic hydroxyl groups excluding tert-OH is 1. The van der Waals surface area contributed by atoms with Gasteiger partial charge in [-0.1, -0.05) is 0 Å². The second-order valence-corrected chi connectivity index (χ2v) is 8.22. The lowest BCUT2D eigenvalue weighted by molar-refractivity contribution is -0.125. The number of hydrogen-bond acceptors (Lipinski definition) is 7. The summed E-state index contributed by atoms with van der Waals surface area (Å²) in [5.74, 6) is -7.93. The number of nitrogens with two attached hydrogens (primary N) is 1. The Morgan fingerprint density at radius 2 is 1.77 bits per heavy atom. The summed E-state index contributed by atoms with van der Waals surface area (Å²) in [6.07, 6.45) is 3.63. The van der Waals surface area contributed by atoms with Gasteiger partial charge in [0.15, 0.2) is 17.3 Å². The van der Waals surface area contributed by atoms with E-state index in [1.807, 2.05) is 0 Å². The van der Waals surface area contributed by atoms with Crippen LogP contribution in [0.5, 0.6) is 11.5 Å². The van der Waals surface area contributed by atoms with Crippen LogP contribution in [0, 0.1) is 23.3 Å². The van der Waals surface area contributed by atoms with Gasteiger partial charge in [0.05, 0.1) is 24.9 Å². The third-order valence-corrected chi connectivity index (χ3v) is 5.98. The minimum Gasteiger partial charge on any atom is -0.515 e. The number of amides is 1. The van der Waals surface area contributed by atoms with Gasteiger partial charge in [-0.2, -0.15) is 13.9 Å². The highest BCUT2D eigenvalue weighted by atomic mass is 19.2. The predicted molar refractivity (Wildman–Crippen MR) is 131 cm³/mol. The van der Waals surface area contributed by atoms with E-state index in [9.17, 15) is 26.7 Å². The minimum atomic E-state index is -1.66. The van der Waals surface area contributed by atoms with Crippen molar-refractivity contribution < 1.29 is 36.6 Å². The monoisotopic (exact) mass is 548 g/mol. The molecular formula is C25H21F5N6O3. The number of alkyl halides is 1. The number of rotatable bonds is 5. The van der Waals surface area contributed by atoms with Gasteiger partial charge in [0.2, 0.25) is 23.3 Å².